The first kappa shape index (κ1) is 28.5. The molecule has 2 fully saturated rings. The maximum atomic E-state index is 15.4. The van der Waals surface area contributed by atoms with Crippen molar-refractivity contribution in [3.8, 4) is 0 Å². The highest BCUT2D eigenvalue weighted by molar-refractivity contribution is 6.01. The summed E-state index contributed by atoms with van der Waals surface area (Å²) in [6.07, 6.45) is 1.63. The van der Waals surface area contributed by atoms with Crippen LogP contribution in [0.5, 0.6) is 0 Å². The number of hydrazine groups is 1. The molecule has 5 N–H and O–H groups in total. The summed E-state index contributed by atoms with van der Waals surface area (Å²) < 4.78 is 26.0. The Labute approximate surface area is 217 Å². The van der Waals surface area contributed by atoms with Gasteiger partial charge < -0.3 is 25.4 Å². The van der Waals surface area contributed by atoms with E-state index in [0.717, 1.165) is 18.9 Å². The monoisotopic (exact) mass is 521 g/mol. The number of hydrogen-bond acceptors (Lipinski definition) is 8. The lowest BCUT2D eigenvalue weighted by atomic mass is 9.82. The third kappa shape index (κ3) is 7.70. The average molecular weight is 522 g/mol. The molecule has 3 rings (SSSR count). The summed E-state index contributed by atoms with van der Waals surface area (Å²) in [7, 11) is 0. The lowest BCUT2D eigenvalue weighted by Gasteiger charge is -2.32. The summed E-state index contributed by atoms with van der Waals surface area (Å²) >= 11 is 0. The van der Waals surface area contributed by atoms with Gasteiger partial charge in [-0.05, 0) is 72.9 Å². The molecule has 1 aromatic rings. The summed E-state index contributed by atoms with van der Waals surface area (Å²) in [5, 5.41) is 3.27. The van der Waals surface area contributed by atoms with Crippen LogP contribution < -0.4 is 26.8 Å². The van der Waals surface area contributed by atoms with Crippen LogP contribution in [0.3, 0.4) is 0 Å². The average Bonchev–Trinajstić information content (AvgIpc) is 3.48. The van der Waals surface area contributed by atoms with E-state index in [0.29, 0.717) is 30.9 Å². The van der Waals surface area contributed by atoms with Crippen LogP contribution >= 0.6 is 0 Å². The Morgan fingerprint density at radius 3 is 2.27 bits per heavy atom. The summed E-state index contributed by atoms with van der Waals surface area (Å²) in [5.41, 5.74) is 9.57. The van der Waals surface area contributed by atoms with Gasteiger partial charge in [0.15, 0.2) is 0 Å². The van der Waals surface area contributed by atoms with E-state index in [1.165, 1.54) is 0 Å². The van der Waals surface area contributed by atoms with Gasteiger partial charge in [0, 0.05) is 30.2 Å². The van der Waals surface area contributed by atoms with Gasteiger partial charge in [0.05, 0.1) is 11.3 Å². The fourth-order valence-corrected chi connectivity index (χ4v) is 4.13. The minimum atomic E-state index is -0.868. The van der Waals surface area contributed by atoms with Crippen LogP contribution in [0.2, 0.25) is 0 Å². The van der Waals surface area contributed by atoms with Gasteiger partial charge in [-0.2, -0.15) is 0 Å². The Balaban J connectivity index is 1.77. The number of amides is 2. The molecule has 2 amide bonds. The van der Waals surface area contributed by atoms with E-state index in [2.05, 4.69) is 16.2 Å². The highest BCUT2D eigenvalue weighted by atomic mass is 19.1. The molecule has 0 aromatic heterocycles. The molecule has 1 heterocycles. The molecule has 2 aliphatic rings. The molecule has 0 spiro atoms. The number of carbonyl (C=O) groups is 3. The number of rotatable bonds is 6. The third-order valence-electron chi connectivity index (χ3n) is 6.20. The molecular weight excluding hydrogens is 481 g/mol. The molecule has 1 saturated heterocycles. The molecule has 1 aliphatic carbocycles. The lowest BCUT2D eigenvalue weighted by Crippen LogP contribution is -2.49. The zero-order valence-electron chi connectivity index (χ0n) is 22.8. The molecule has 1 aliphatic heterocycles. The fraction of sp³-hybridized carbons (Fsp3) is 0.654. The summed E-state index contributed by atoms with van der Waals surface area (Å²) in [4.78, 5) is 39.2. The van der Waals surface area contributed by atoms with E-state index in [1.807, 2.05) is 11.8 Å². The largest absolute Gasteiger partial charge is 0.459 e. The van der Waals surface area contributed by atoms with Crippen LogP contribution in [0.4, 0.5) is 20.6 Å². The van der Waals surface area contributed by atoms with Crippen LogP contribution in [0.15, 0.2) is 12.1 Å². The molecule has 10 nitrogen and oxygen atoms in total. The third-order valence-corrected chi connectivity index (χ3v) is 6.20. The molecule has 37 heavy (non-hydrogen) atoms. The van der Waals surface area contributed by atoms with E-state index in [9.17, 15) is 14.4 Å². The molecule has 11 heteroatoms. The van der Waals surface area contributed by atoms with Crippen molar-refractivity contribution in [1.82, 2.24) is 10.9 Å². The highest BCUT2D eigenvalue weighted by Gasteiger charge is 2.44. The maximum Gasteiger partial charge on any atom is 0.426 e. The van der Waals surface area contributed by atoms with Crippen LogP contribution in [-0.2, 0) is 14.3 Å². The smallest absolute Gasteiger partial charge is 0.426 e. The normalized spacial score (nSPS) is 20.7. The maximum absolute atomic E-state index is 15.4. The number of nitrogens with zero attached hydrogens (tertiary/aromatic N) is 1. The predicted octanol–water partition coefficient (Wildman–Crippen LogP) is 3.45. The number of esters is 1. The van der Waals surface area contributed by atoms with Gasteiger partial charge in [-0.25, -0.2) is 14.6 Å². The van der Waals surface area contributed by atoms with Crippen molar-refractivity contribution in [3.05, 3.63) is 23.5 Å². The first-order chi connectivity index (χ1) is 17.0. The van der Waals surface area contributed by atoms with Gasteiger partial charge in [-0.3, -0.25) is 15.0 Å². The summed E-state index contributed by atoms with van der Waals surface area (Å²) in [5.74, 6) is -1.77. The second kappa shape index (κ2) is 10.4. The molecule has 1 saturated carbocycles. The van der Waals surface area contributed by atoms with Gasteiger partial charge in [0.1, 0.15) is 23.1 Å². The van der Waals surface area contributed by atoms with Crippen molar-refractivity contribution < 1.29 is 28.2 Å². The number of benzene rings is 1. The van der Waals surface area contributed by atoms with Gasteiger partial charge >= 0.3 is 12.1 Å². The second-order valence-electron chi connectivity index (χ2n) is 12.2. The minimum absolute atomic E-state index is 0.0524. The number of hydrogen-bond donors (Lipinski definition) is 4. The Bertz CT molecular complexity index is 1050. The van der Waals surface area contributed by atoms with Crippen LogP contribution in [0.25, 0.3) is 0 Å². The number of anilines is 2. The zero-order valence-corrected chi connectivity index (χ0v) is 22.8. The van der Waals surface area contributed by atoms with Crippen molar-refractivity contribution in [3.63, 3.8) is 0 Å². The first-order valence-corrected chi connectivity index (χ1v) is 12.6. The minimum Gasteiger partial charge on any atom is -0.459 e. The van der Waals surface area contributed by atoms with E-state index >= 15 is 4.39 Å². The number of nitrogens with one attached hydrogen (secondary N) is 3. The second-order valence-corrected chi connectivity index (χ2v) is 12.2. The molecule has 0 bridgehead atoms. The van der Waals surface area contributed by atoms with Crippen LogP contribution in [0.1, 0.15) is 78.1 Å². The van der Waals surface area contributed by atoms with Crippen LogP contribution in [0, 0.1) is 11.2 Å². The quantitative estimate of drug-likeness (QED) is 0.330. The van der Waals surface area contributed by atoms with Gasteiger partial charge in [0.2, 0.25) is 0 Å². The van der Waals surface area contributed by atoms with Gasteiger partial charge in [-0.1, -0.05) is 6.92 Å². The molecule has 0 radical (unpaired) electrons. The number of ether oxygens (including phenoxy) is 2. The molecule has 1 aromatic carbocycles. The number of carbonyl (C=O) groups excluding carboxylic acids is 3. The molecular formula is C26H40FN5O5. The Morgan fingerprint density at radius 1 is 1.08 bits per heavy atom. The van der Waals surface area contributed by atoms with E-state index in [-0.39, 0.29) is 11.6 Å². The topological polar surface area (TPSA) is 135 Å². The van der Waals surface area contributed by atoms with Crippen molar-refractivity contribution in [1.29, 1.82) is 0 Å². The van der Waals surface area contributed by atoms with E-state index in [1.54, 1.807) is 47.6 Å². The number of nitrogens with two attached hydrogens (primary N) is 1. The van der Waals surface area contributed by atoms with E-state index < -0.39 is 46.4 Å². The van der Waals surface area contributed by atoms with Crippen molar-refractivity contribution in [2.24, 2.45) is 11.1 Å². The fourth-order valence-electron chi connectivity index (χ4n) is 4.13. The highest BCUT2D eigenvalue weighted by Crippen LogP contribution is 2.39. The van der Waals surface area contributed by atoms with Crippen molar-refractivity contribution in [2.75, 3.05) is 23.3 Å². The van der Waals surface area contributed by atoms with Gasteiger partial charge in [0.25, 0.3) is 5.91 Å². The Kier molecular flexibility index (Phi) is 7.97. The standard InChI is InChI=1S/C26H40FN5O5/c1-24(2,3)36-22(34)20(28)26(7)10-11-32(14-26)19-13-18(29-15-8-9-15)16(12-17(19)27)21(33)30-31-23(35)37-25(4,5)6/h12-13,15,20,29H,8-11,14,28H2,1-7H3,(H,30,33)(H,31,35). The van der Waals surface area contributed by atoms with Crippen molar-refractivity contribution in [2.45, 2.75) is 91.0 Å². The van der Waals surface area contributed by atoms with E-state index in [4.69, 9.17) is 15.2 Å². The zero-order chi connectivity index (χ0) is 27.8. The molecule has 2 atom stereocenters. The lowest BCUT2D eigenvalue weighted by molar-refractivity contribution is -0.159. The Morgan fingerprint density at radius 2 is 1.70 bits per heavy atom. The summed E-state index contributed by atoms with van der Waals surface area (Å²) in [6.45, 7) is 13.2. The first-order valence-electron chi connectivity index (χ1n) is 12.6. The van der Waals surface area contributed by atoms with Crippen molar-refractivity contribution >= 4 is 29.3 Å². The number of halogens is 1. The Hall–Kier alpha value is -3.08. The predicted molar refractivity (Wildman–Crippen MR) is 139 cm³/mol. The van der Waals surface area contributed by atoms with Crippen LogP contribution in [-0.4, -0.2) is 54.3 Å². The molecule has 206 valence electrons. The SMILES string of the molecule is CC(C)(C)OC(=O)NNC(=O)c1cc(F)c(N2CCC(C)(C(N)C(=O)OC(C)(C)C)C2)cc1NC1CC1. The molecule has 2 unspecified atom stereocenters. The summed E-state index contributed by atoms with van der Waals surface area (Å²) in [6, 6.07) is 2.07. The van der Waals surface area contributed by atoms with Gasteiger partial charge in [-0.15, -0.1) is 0 Å².